The van der Waals surface area contributed by atoms with Crippen LogP contribution >= 0.6 is 23.2 Å². The minimum atomic E-state index is 0.171. The van der Waals surface area contributed by atoms with Crippen LogP contribution in [-0.2, 0) is 0 Å². The maximum absolute atomic E-state index is 6.35. The maximum atomic E-state index is 6.35. The van der Waals surface area contributed by atoms with E-state index in [4.69, 9.17) is 28.9 Å². The largest absolute Gasteiger partial charge is 0.326 e. The molecular weight excluding hydrogens is 267 g/mol. The minimum Gasteiger partial charge on any atom is -0.326 e. The van der Waals surface area contributed by atoms with Gasteiger partial charge in [0, 0.05) is 12.1 Å². The van der Waals surface area contributed by atoms with E-state index in [1.807, 2.05) is 18.2 Å². The van der Waals surface area contributed by atoms with Crippen LogP contribution in [0.2, 0.25) is 10.0 Å². The van der Waals surface area contributed by atoms with Crippen molar-refractivity contribution in [3.05, 3.63) is 33.8 Å². The summed E-state index contributed by atoms with van der Waals surface area (Å²) in [5.74, 6) is 0. The summed E-state index contributed by atoms with van der Waals surface area (Å²) in [6.45, 7) is 4.30. The fourth-order valence-corrected chi connectivity index (χ4v) is 3.08. The Labute approximate surface area is 119 Å². The van der Waals surface area contributed by atoms with E-state index in [0.29, 0.717) is 10.0 Å². The predicted molar refractivity (Wildman–Crippen MR) is 78.3 cm³/mol. The molecule has 2 nitrogen and oxygen atoms in total. The van der Waals surface area contributed by atoms with E-state index in [9.17, 15) is 0 Å². The molecule has 1 heterocycles. The Morgan fingerprint density at radius 1 is 1.28 bits per heavy atom. The van der Waals surface area contributed by atoms with E-state index >= 15 is 0 Å². The van der Waals surface area contributed by atoms with E-state index < -0.39 is 0 Å². The highest BCUT2D eigenvalue weighted by molar-refractivity contribution is 6.42. The third kappa shape index (κ3) is 3.00. The number of halogens is 2. The average Bonchev–Trinajstić information content (AvgIpc) is 2.54. The van der Waals surface area contributed by atoms with Gasteiger partial charge < -0.3 is 5.73 Å². The van der Waals surface area contributed by atoms with Gasteiger partial charge in [-0.05, 0) is 43.6 Å². The number of likely N-dealkylation sites (tertiary alicyclic amines) is 1. The zero-order valence-electron chi connectivity index (χ0n) is 10.7. The van der Waals surface area contributed by atoms with Crippen molar-refractivity contribution in [1.82, 2.24) is 4.90 Å². The van der Waals surface area contributed by atoms with Crippen LogP contribution in [0.25, 0.3) is 0 Å². The molecule has 1 aliphatic rings. The smallest absolute Gasteiger partial charge is 0.0595 e. The topological polar surface area (TPSA) is 29.3 Å². The molecule has 0 aromatic heterocycles. The van der Waals surface area contributed by atoms with Gasteiger partial charge in [-0.1, -0.05) is 42.6 Å². The molecule has 18 heavy (non-hydrogen) atoms. The highest BCUT2D eigenvalue weighted by atomic mass is 35.5. The van der Waals surface area contributed by atoms with Crippen molar-refractivity contribution in [2.24, 2.45) is 5.73 Å². The van der Waals surface area contributed by atoms with Gasteiger partial charge in [0.1, 0.15) is 0 Å². The van der Waals surface area contributed by atoms with Crippen molar-refractivity contribution >= 4 is 23.2 Å². The zero-order valence-corrected chi connectivity index (χ0v) is 12.2. The van der Waals surface area contributed by atoms with E-state index in [0.717, 1.165) is 19.5 Å². The molecule has 0 bridgehead atoms. The van der Waals surface area contributed by atoms with E-state index in [-0.39, 0.29) is 12.1 Å². The molecule has 0 spiro atoms. The van der Waals surface area contributed by atoms with E-state index in [1.54, 1.807) is 0 Å². The average molecular weight is 287 g/mol. The minimum absolute atomic E-state index is 0.171. The van der Waals surface area contributed by atoms with Gasteiger partial charge in [-0.2, -0.15) is 0 Å². The molecule has 1 aromatic rings. The van der Waals surface area contributed by atoms with Gasteiger partial charge in [-0.25, -0.2) is 0 Å². The normalized spacial score (nSPS) is 26.0. The van der Waals surface area contributed by atoms with Crippen molar-refractivity contribution in [3.8, 4) is 0 Å². The number of hydrogen-bond acceptors (Lipinski definition) is 2. The van der Waals surface area contributed by atoms with Crippen LogP contribution in [0, 0.1) is 0 Å². The summed E-state index contributed by atoms with van der Waals surface area (Å²) in [4.78, 5) is 2.44. The van der Waals surface area contributed by atoms with Crippen molar-refractivity contribution < 1.29 is 0 Å². The molecule has 1 fully saturated rings. The first kappa shape index (κ1) is 14.1. The fraction of sp³-hybridized carbons (Fsp3) is 0.571. The number of likely N-dealkylation sites (N-methyl/N-ethyl adjacent to an activating group) is 1. The number of nitrogens with two attached hydrogens (primary N) is 1. The molecule has 100 valence electrons. The Bertz CT molecular complexity index is 409. The summed E-state index contributed by atoms with van der Waals surface area (Å²) in [6.07, 6.45) is 3.50. The monoisotopic (exact) mass is 286 g/mol. The van der Waals surface area contributed by atoms with Crippen LogP contribution in [0.1, 0.15) is 37.8 Å². The first-order valence-electron chi connectivity index (χ1n) is 6.58. The summed E-state index contributed by atoms with van der Waals surface area (Å²) >= 11 is 12.1. The second kappa shape index (κ2) is 6.25. The highest BCUT2D eigenvalue weighted by Gasteiger charge is 2.28. The predicted octanol–water partition coefficient (Wildman–Crippen LogP) is 3.87. The number of rotatable bonds is 2. The van der Waals surface area contributed by atoms with Gasteiger partial charge in [-0.3, -0.25) is 4.90 Å². The van der Waals surface area contributed by atoms with Gasteiger partial charge in [0.15, 0.2) is 0 Å². The molecule has 0 radical (unpaired) electrons. The van der Waals surface area contributed by atoms with Crippen LogP contribution < -0.4 is 5.73 Å². The summed E-state index contributed by atoms with van der Waals surface area (Å²) in [5, 5.41) is 1.22. The molecule has 0 aliphatic carbocycles. The van der Waals surface area contributed by atoms with Crippen LogP contribution in [0.15, 0.2) is 18.2 Å². The summed E-state index contributed by atoms with van der Waals surface area (Å²) in [7, 11) is 0. The third-order valence-electron chi connectivity index (χ3n) is 3.72. The van der Waals surface area contributed by atoms with Crippen molar-refractivity contribution in [3.63, 3.8) is 0 Å². The van der Waals surface area contributed by atoms with Gasteiger partial charge in [0.05, 0.1) is 10.0 Å². The number of nitrogens with zero attached hydrogens (tertiary/aromatic N) is 1. The highest BCUT2D eigenvalue weighted by Crippen LogP contribution is 2.32. The lowest BCUT2D eigenvalue weighted by Gasteiger charge is -2.33. The first-order valence-corrected chi connectivity index (χ1v) is 7.33. The van der Waals surface area contributed by atoms with Gasteiger partial charge in [0.2, 0.25) is 0 Å². The van der Waals surface area contributed by atoms with E-state index in [1.165, 1.54) is 18.4 Å². The van der Waals surface area contributed by atoms with Gasteiger partial charge in [0.25, 0.3) is 0 Å². The Morgan fingerprint density at radius 3 is 2.72 bits per heavy atom. The molecule has 2 N–H and O–H groups in total. The van der Waals surface area contributed by atoms with Crippen LogP contribution in [-0.4, -0.2) is 24.0 Å². The summed E-state index contributed by atoms with van der Waals surface area (Å²) in [6, 6.07) is 6.30. The summed E-state index contributed by atoms with van der Waals surface area (Å²) < 4.78 is 0. The molecule has 1 aromatic carbocycles. The van der Waals surface area contributed by atoms with Crippen LogP contribution in [0.3, 0.4) is 0 Å². The zero-order chi connectivity index (χ0) is 13.1. The molecule has 0 amide bonds. The van der Waals surface area contributed by atoms with Crippen molar-refractivity contribution in [2.45, 2.75) is 38.3 Å². The van der Waals surface area contributed by atoms with E-state index in [2.05, 4.69) is 11.8 Å². The third-order valence-corrected chi connectivity index (χ3v) is 4.46. The van der Waals surface area contributed by atoms with Crippen LogP contribution in [0.4, 0.5) is 0 Å². The quantitative estimate of drug-likeness (QED) is 0.894. The molecular formula is C14H20Cl2N2. The molecule has 1 saturated heterocycles. The number of hydrogen-bond donors (Lipinski definition) is 1. The maximum Gasteiger partial charge on any atom is 0.0595 e. The summed E-state index contributed by atoms with van der Waals surface area (Å²) in [5.41, 5.74) is 7.53. The molecule has 4 heteroatoms. The van der Waals surface area contributed by atoms with Gasteiger partial charge >= 0.3 is 0 Å². The number of benzene rings is 1. The lowest BCUT2D eigenvalue weighted by Crippen LogP contribution is -2.39. The Kier molecular flexibility index (Phi) is 4.91. The van der Waals surface area contributed by atoms with Crippen molar-refractivity contribution in [2.75, 3.05) is 13.1 Å². The fourth-order valence-electron chi connectivity index (χ4n) is 2.77. The van der Waals surface area contributed by atoms with Crippen LogP contribution in [0.5, 0.6) is 0 Å². The molecule has 0 saturated carbocycles. The standard InChI is InChI=1S/C14H20Cl2N2/c1-2-18-8-4-3-5-13(17)14(18)10-6-7-11(15)12(16)9-10/h6-7,9,13-14H,2-5,8,17H2,1H3. The Hall–Kier alpha value is -0.280. The first-order chi connectivity index (χ1) is 8.63. The molecule has 2 rings (SSSR count). The van der Waals surface area contributed by atoms with Crippen molar-refractivity contribution in [1.29, 1.82) is 0 Å². The van der Waals surface area contributed by atoms with Gasteiger partial charge in [-0.15, -0.1) is 0 Å². The Balaban J connectivity index is 2.33. The lowest BCUT2D eigenvalue weighted by molar-refractivity contribution is 0.195. The lowest BCUT2D eigenvalue weighted by atomic mass is 9.96. The second-order valence-corrected chi connectivity index (χ2v) is 5.72. The SMILES string of the molecule is CCN1CCCCC(N)C1c1ccc(Cl)c(Cl)c1. The molecule has 2 atom stereocenters. The molecule has 1 aliphatic heterocycles. The second-order valence-electron chi connectivity index (χ2n) is 4.91. The molecule has 2 unspecified atom stereocenters. The Morgan fingerprint density at radius 2 is 2.06 bits per heavy atom.